The van der Waals surface area contributed by atoms with Crippen molar-refractivity contribution in [3.8, 4) is 5.75 Å². The second-order valence-electron chi connectivity index (χ2n) is 4.01. The summed E-state index contributed by atoms with van der Waals surface area (Å²) < 4.78 is 77.8. The van der Waals surface area contributed by atoms with Gasteiger partial charge in [-0.3, -0.25) is 0 Å². The van der Waals surface area contributed by atoms with E-state index in [2.05, 4.69) is 4.65 Å². The Labute approximate surface area is 110 Å². The largest absolute Gasteiger partial charge is 0.707 e. The highest BCUT2D eigenvalue weighted by Crippen LogP contribution is 2.28. The Morgan fingerprint density at radius 2 is 1.25 bits per heavy atom. The van der Waals surface area contributed by atoms with Crippen LogP contribution in [0.3, 0.4) is 0 Å². The van der Waals surface area contributed by atoms with Crippen LogP contribution in [0, 0.1) is 0 Å². The maximum atomic E-state index is 12.2. The highest BCUT2D eigenvalue weighted by atomic mass is 19.4. The number of hydrogen-bond donors (Lipinski definition) is 2. The molecule has 0 atom stereocenters. The lowest BCUT2D eigenvalue weighted by molar-refractivity contribution is -0.127. The number of rotatable bonds is 4. The Morgan fingerprint density at radius 3 is 1.55 bits per heavy atom. The van der Waals surface area contributed by atoms with E-state index >= 15 is 0 Å². The summed E-state index contributed by atoms with van der Waals surface area (Å²) in [7, 11) is -2.34. The van der Waals surface area contributed by atoms with Crippen LogP contribution in [0.4, 0.5) is 26.3 Å². The molecular weight excluding hydrogens is 293 g/mol. The molecule has 0 bridgehead atoms. The Bertz CT molecular complexity index is 423. The monoisotopic (exact) mass is 302 g/mol. The van der Waals surface area contributed by atoms with E-state index in [9.17, 15) is 26.3 Å². The van der Waals surface area contributed by atoms with Gasteiger partial charge in [0.05, 0.1) is 12.8 Å². The lowest BCUT2D eigenvalue weighted by Crippen LogP contribution is -2.21. The first-order valence-corrected chi connectivity index (χ1v) is 5.24. The van der Waals surface area contributed by atoms with Gasteiger partial charge in [-0.15, -0.1) is 0 Å². The Balaban J connectivity index is 3.07. The molecule has 0 aromatic heterocycles. The molecule has 0 saturated heterocycles. The molecule has 0 saturated carbocycles. The lowest BCUT2D eigenvalue weighted by atomic mass is 10.0. The maximum Gasteiger partial charge on any atom is 0.707 e. The minimum absolute atomic E-state index is 0.463. The van der Waals surface area contributed by atoms with E-state index in [0.717, 1.165) is 18.2 Å². The van der Waals surface area contributed by atoms with Gasteiger partial charge in [-0.25, -0.2) is 0 Å². The summed E-state index contributed by atoms with van der Waals surface area (Å²) in [6.45, 7) is 0. The summed E-state index contributed by atoms with van der Waals surface area (Å²) in [6, 6.07) is 2.34. The molecule has 0 aliphatic rings. The fourth-order valence-electron chi connectivity index (χ4n) is 1.59. The summed E-state index contributed by atoms with van der Waals surface area (Å²) >= 11 is 0. The van der Waals surface area contributed by atoms with Gasteiger partial charge in [-0.2, -0.15) is 26.3 Å². The van der Waals surface area contributed by atoms with Gasteiger partial charge >= 0.3 is 19.7 Å². The first kappa shape index (κ1) is 16.6. The zero-order valence-corrected chi connectivity index (χ0v) is 9.79. The standard InChI is InChI=1S/C10H9BF6O3/c12-9(13,14)4-6-1-7(5-10(15,16)17)3-8(2-6)20-11(18)19/h1-3,18-19H,4-5H2. The molecule has 0 unspecified atom stereocenters. The zero-order valence-electron chi connectivity index (χ0n) is 9.79. The van der Waals surface area contributed by atoms with Crippen molar-refractivity contribution < 1.29 is 41.0 Å². The molecular formula is C10H9BF6O3. The van der Waals surface area contributed by atoms with Crippen molar-refractivity contribution in [1.82, 2.24) is 0 Å². The number of hydrogen-bond acceptors (Lipinski definition) is 3. The van der Waals surface area contributed by atoms with Crippen LogP contribution in [0.15, 0.2) is 18.2 Å². The molecule has 0 aliphatic heterocycles. The van der Waals surface area contributed by atoms with E-state index in [1.807, 2.05) is 0 Å². The summed E-state index contributed by atoms with van der Waals surface area (Å²) in [5, 5.41) is 17.1. The molecule has 0 aliphatic carbocycles. The van der Waals surface area contributed by atoms with Crippen LogP contribution in [0.25, 0.3) is 0 Å². The van der Waals surface area contributed by atoms with Gasteiger partial charge < -0.3 is 14.7 Å². The van der Waals surface area contributed by atoms with Crippen LogP contribution >= 0.6 is 0 Å². The van der Waals surface area contributed by atoms with Crippen molar-refractivity contribution in [2.24, 2.45) is 0 Å². The molecule has 0 amide bonds. The molecule has 0 fully saturated rings. The molecule has 0 heterocycles. The number of halogens is 6. The fourth-order valence-corrected chi connectivity index (χ4v) is 1.59. The molecule has 1 aromatic rings. The average molecular weight is 302 g/mol. The van der Waals surface area contributed by atoms with E-state index in [4.69, 9.17) is 10.0 Å². The van der Waals surface area contributed by atoms with Crippen LogP contribution in [0.1, 0.15) is 11.1 Å². The highest BCUT2D eigenvalue weighted by Gasteiger charge is 2.31. The molecule has 20 heavy (non-hydrogen) atoms. The van der Waals surface area contributed by atoms with Crippen molar-refractivity contribution in [2.45, 2.75) is 25.2 Å². The average Bonchev–Trinajstić information content (AvgIpc) is 2.08. The van der Waals surface area contributed by atoms with Crippen LogP contribution < -0.4 is 4.65 Å². The predicted molar refractivity (Wildman–Crippen MR) is 56.8 cm³/mol. The van der Waals surface area contributed by atoms with E-state index in [1.54, 1.807) is 0 Å². The fraction of sp³-hybridized carbons (Fsp3) is 0.400. The first-order valence-electron chi connectivity index (χ1n) is 5.24. The highest BCUT2D eigenvalue weighted by molar-refractivity contribution is 6.33. The minimum Gasteiger partial charge on any atom is -0.512 e. The summed E-state index contributed by atoms with van der Waals surface area (Å²) in [6.07, 6.45) is -12.1. The second kappa shape index (κ2) is 5.92. The van der Waals surface area contributed by atoms with Crippen molar-refractivity contribution >= 4 is 7.32 Å². The summed E-state index contributed by atoms with van der Waals surface area (Å²) in [5.41, 5.74) is -0.926. The van der Waals surface area contributed by atoms with Crippen molar-refractivity contribution in [3.05, 3.63) is 29.3 Å². The Kier molecular flexibility index (Phi) is 4.92. The summed E-state index contributed by atoms with van der Waals surface area (Å²) in [4.78, 5) is 0. The molecule has 10 heteroatoms. The van der Waals surface area contributed by atoms with Gasteiger partial charge in [-0.05, 0) is 23.3 Å². The van der Waals surface area contributed by atoms with Gasteiger partial charge in [0, 0.05) is 0 Å². The topological polar surface area (TPSA) is 49.7 Å². The van der Waals surface area contributed by atoms with Crippen molar-refractivity contribution in [2.75, 3.05) is 0 Å². The van der Waals surface area contributed by atoms with Gasteiger partial charge in [0.25, 0.3) is 0 Å². The van der Waals surface area contributed by atoms with Crippen LogP contribution in [0.2, 0.25) is 0 Å². The zero-order chi connectivity index (χ0) is 15.6. The predicted octanol–water partition coefficient (Wildman–Crippen LogP) is 2.24. The summed E-state index contributed by atoms with van der Waals surface area (Å²) in [5.74, 6) is -0.485. The second-order valence-corrected chi connectivity index (χ2v) is 4.01. The third-order valence-corrected chi connectivity index (χ3v) is 2.08. The van der Waals surface area contributed by atoms with E-state index < -0.39 is 49.4 Å². The quantitative estimate of drug-likeness (QED) is 0.662. The van der Waals surface area contributed by atoms with E-state index in [0.29, 0.717) is 0 Å². The molecule has 0 radical (unpaired) electrons. The van der Waals surface area contributed by atoms with Crippen LogP contribution in [-0.2, 0) is 12.8 Å². The minimum atomic E-state index is -4.61. The molecule has 3 nitrogen and oxygen atoms in total. The third kappa shape index (κ3) is 6.66. The first-order chi connectivity index (χ1) is 8.94. The van der Waals surface area contributed by atoms with Crippen molar-refractivity contribution in [1.29, 1.82) is 0 Å². The smallest absolute Gasteiger partial charge is 0.512 e. The van der Waals surface area contributed by atoms with Crippen LogP contribution in [0.5, 0.6) is 5.75 Å². The third-order valence-electron chi connectivity index (χ3n) is 2.08. The van der Waals surface area contributed by atoms with Gasteiger partial charge in [0.1, 0.15) is 5.75 Å². The molecule has 1 rings (SSSR count). The molecule has 112 valence electrons. The van der Waals surface area contributed by atoms with Crippen molar-refractivity contribution in [3.63, 3.8) is 0 Å². The Hall–Kier alpha value is -1.42. The molecule has 0 spiro atoms. The molecule has 1 aromatic carbocycles. The van der Waals surface area contributed by atoms with Gasteiger partial charge in [0.2, 0.25) is 0 Å². The van der Waals surface area contributed by atoms with Crippen LogP contribution in [-0.4, -0.2) is 29.7 Å². The van der Waals surface area contributed by atoms with E-state index in [1.165, 1.54) is 0 Å². The lowest BCUT2D eigenvalue weighted by Gasteiger charge is -2.13. The number of alkyl halides is 6. The normalized spacial score (nSPS) is 12.4. The van der Waals surface area contributed by atoms with E-state index in [-0.39, 0.29) is 0 Å². The number of benzene rings is 1. The van der Waals surface area contributed by atoms with Gasteiger partial charge in [-0.1, -0.05) is 6.07 Å². The Morgan fingerprint density at radius 1 is 0.850 bits per heavy atom. The SMILES string of the molecule is OB(O)Oc1cc(CC(F)(F)F)cc(CC(F)(F)F)c1. The molecule has 2 N–H and O–H groups in total. The maximum absolute atomic E-state index is 12.2. The van der Waals surface area contributed by atoms with Gasteiger partial charge in [0.15, 0.2) is 0 Å².